The van der Waals surface area contributed by atoms with E-state index < -0.39 is 0 Å². The molecule has 0 radical (unpaired) electrons. The summed E-state index contributed by atoms with van der Waals surface area (Å²) in [6.45, 7) is 4.46. The van der Waals surface area contributed by atoms with E-state index in [4.69, 9.17) is 21.7 Å². The van der Waals surface area contributed by atoms with Gasteiger partial charge >= 0.3 is 0 Å². The fraction of sp³-hybridized carbons (Fsp3) is 0.222. The van der Waals surface area contributed by atoms with Crippen LogP contribution in [0.25, 0.3) is 11.0 Å². The summed E-state index contributed by atoms with van der Waals surface area (Å²) in [5, 5.41) is 4.59. The van der Waals surface area contributed by atoms with Gasteiger partial charge in [-0.15, -0.1) is 0 Å². The first kappa shape index (κ1) is 15.0. The molecule has 0 fully saturated rings. The summed E-state index contributed by atoms with van der Waals surface area (Å²) in [6.07, 6.45) is 1.78. The topological polar surface area (TPSA) is 40.7 Å². The van der Waals surface area contributed by atoms with Crippen molar-refractivity contribution in [3.63, 3.8) is 0 Å². The highest BCUT2D eigenvalue weighted by Gasteiger charge is 2.13. The Bertz CT molecular complexity index is 1050. The highest BCUT2D eigenvalue weighted by Crippen LogP contribution is 2.32. The zero-order chi connectivity index (χ0) is 16.8. The standard InChI is InChI=1S/C18H17N3O2S/c1-11-6-14-15(7-12(11)2)21(18(24)20(14)3)19-9-13-4-5-16-17(8-13)23-10-22-16/h4-9H,10H2,1-3H3. The molecule has 1 aliphatic heterocycles. The van der Waals surface area contributed by atoms with Crippen LogP contribution in [0.15, 0.2) is 35.4 Å². The first-order valence-corrected chi connectivity index (χ1v) is 8.08. The summed E-state index contributed by atoms with van der Waals surface area (Å²) in [4.78, 5) is 0. The Hall–Kier alpha value is -2.60. The quantitative estimate of drug-likeness (QED) is 0.524. The summed E-state index contributed by atoms with van der Waals surface area (Å²) >= 11 is 5.54. The number of aryl methyl sites for hydroxylation is 3. The Balaban J connectivity index is 1.81. The molecule has 6 heteroatoms. The molecule has 5 nitrogen and oxygen atoms in total. The van der Waals surface area contributed by atoms with E-state index in [0.29, 0.717) is 4.77 Å². The molecule has 0 atom stereocenters. The number of rotatable bonds is 2. The lowest BCUT2D eigenvalue weighted by molar-refractivity contribution is 0.174. The summed E-state index contributed by atoms with van der Waals surface area (Å²) in [6, 6.07) is 10.0. The van der Waals surface area contributed by atoms with Crippen LogP contribution in [0.5, 0.6) is 11.5 Å². The van der Waals surface area contributed by atoms with Gasteiger partial charge in [0.05, 0.1) is 17.2 Å². The van der Waals surface area contributed by atoms with Crippen molar-refractivity contribution in [2.75, 3.05) is 6.79 Å². The van der Waals surface area contributed by atoms with Crippen LogP contribution >= 0.6 is 12.2 Å². The second kappa shape index (κ2) is 5.49. The van der Waals surface area contributed by atoms with E-state index in [2.05, 4.69) is 31.1 Å². The molecule has 0 spiro atoms. The van der Waals surface area contributed by atoms with E-state index >= 15 is 0 Å². The van der Waals surface area contributed by atoms with Crippen LogP contribution in [-0.2, 0) is 7.05 Å². The van der Waals surface area contributed by atoms with Gasteiger partial charge in [0, 0.05) is 7.05 Å². The Morgan fingerprint density at radius 1 is 1.04 bits per heavy atom. The average molecular weight is 339 g/mol. The zero-order valence-electron chi connectivity index (χ0n) is 13.7. The first-order chi connectivity index (χ1) is 11.5. The minimum absolute atomic E-state index is 0.267. The van der Waals surface area contributed by atoms with Crippen molar-refractivity contribution < 1.29 is 9.47 Å². The van der Waals surface area contributed by atoms with E-state index in [1.165, 1.54) is 11.1 Å². The minimum atomic E-state index is 0.267. The van der Waals surface area contributed by atoms with E-state index in [1.54, 1.807) is 10.9 Å². The predicted octanol–water partition coefficient (Wildman–Crippen LogP) is 3.94. The maximum absolute atomic E-state index is 5.54. The van der Waals surface area contributed by atoms with E-state index in [0.717, 1.165) is 28.1 Å². The van der Waals surface area contributed by atoms with E-state index in [9.17, 15) is 0 Å². The van der Waals surface area contributed by atoms with Crippen molar-refractivity contribution in [1.29, 1.82) is 0 Å². The summed E-state index contributed by atoms with van der Waals surface area (Å²) in [5.74, 6) is 1.51. The summed E-state index contributed by atoms with van der Waals surface area (Å²) in [5.41, 5.74) is 5.47. The van der Waals surface area contributed by atoms with Crippen molar-refractivity contribution in [1.82, 2.24) is 9.24 Å². The molecule has 1 aromatic heterocycles. The Morgan fingerprint density at radius 2 is 1.75 bits per heavy atom. The van der Waals surface area contributed by atoms with Crippen LogP contribution in [0.1, 0.15) is 16.7 Å². The molecule has 3 aromatic rings. The molecule has 0 unspecified atom stereocenters. The maximum Gasteiger partial charge on any atom is 0.231 e. The van der Waals surface area contributed by atoms with Crippen LogP contribution in [0, 0.1) is 18.6 Å². The Labute approximate surface area is 144 Å². The molecule has 122 valence electrons. The first-order valence-electron chi connectivity index (χ1n) is 7.67. The van der Waals surface area contributed by atoms with Gasteiger partial charge in [0.1, 0.15) is 0 Å². The second-order valence-corrected chi connectivity index (χ2v) is 6.30. The summed E-state index contributed by atoms with van der Waals surface area (Å²) in [7, 11) is 1.96. The SMILES string of the molecule is Cc1cc2c(cc1C)n(N=Cc1ccc3c(c1)OCO3)c(=S)n2C. The third-order valence-corrected chi connectivity index (χ3v) is 4.81. The molecular formula is C18H17N3O2S. The van der Waals surface area contributed by atoms with Crippen molar-refractivity contribution in [2.24, 2.45) is 12.1 Å². The van der Waals surface area contributed by atoms with Gasteiger partial charge in [-0.2, -0.15) is 5.10 Å². The lowest BCUT2D eigenvalue weighted by Crippen LogP contribution is -1.93. The van der Waals surface area contributed by atoms with Gasteiger partial charge < -0.3 is 14.0 Å². The molecule has 1 aliphatic rings. The molecule has 2 aromatic carbocycles. The number of ether oxygens (including phenoxy) is 2. The molecule has 0 bridgehead atoms. The van der Waals surface area contributed by atoms with Crippen LogP contribution in [0.3, 0.4) is 0 Å². The number of hydrogen-bond acceptors (Lipinski definition) is 4. The molecule has 0 N–H and O–H groups in total. The highest BCUT2D eigenvalue weighted by atomic mass is 32.1. The Kier molecular flexibility index (Phi) is 3.42. The average Bonchev–Trinajstić information content (AvgIpc) is 3.12. The van der Waals surface area contributed by atoms with Crippen LogP contribution in [0.2, 0.25) is 0 Å². The lowest BCUT2D eigenvalue weighted by Gasteiger charge is -2.02. The van der Waals surface area contributed by atoms with Crippen LogP contribution in [-0.4, -0.2) is 22.3 Å². The number of aromatic nitrogens is 2. The number of benzene rings is 2. The van der Waals surface area contributed by atoms with Gasteiger partial charge in [-0.05, 0) is 73.1 Å². The van der Waals surface area contributed by atoms with Crippen LogP contribution < -0.4 is 9.47 Å². The van der Waals surface area contributed by atoms with Crippen molar-refractivity contribution in [2.45, 2.75) is 13.8 Å². The third-order valence-electron chi connectivity index (χ3n) is 4.37. The number of fused-ring (bicyclic) bond motifs is 2. The normalized spacial score (nSPS) is 13.3. The van der Waals surface area contributed by atoms with Gasteiger partial charge in [-0.25, -0.2) is 4.68 Å². The smallest absolute Gasteiger partial charge is 0.231 e. The monoisotopic (exact) mass is 339 g/mol. The fourth-order valence-electron chi connectivity index (χ4n) is 2.80. The predicted molar refractivity (Wildman–Crippen MR) is 96.8 cm³/mol. The molecule has 0 saturated heterocycles. The molecular weight excluding hydrogens is 322 g/mol. The molecule has 0 saturated carbocycles. The fourth-order valence-corrected chi connectivity index (χ4v) is 3.05. The van der Waals surface area contributed by atoms with E-state index in [-0.39, 0.29) is 6.79 Å². The van der Waals surface area contributed by atoms with Gasteiger partial charge in [-0.3, -0.25) is 0 Å². The second-order valence-electron chi connectivity index (χ2n) is 5.94. The van der Waals surface area contributed by atoms with Crippen molar-refractivity contribution in [3.05, 3.63) is 51.8 Å². The Morgan fingerprint density at radius 3 is 2.54 bits per heavy atom. The van der Waals surface area contributed by atoms with Gasteiger partial charge in [-0.1, -0.05) is 0 Å². The third kappa shape index (κ3) is 2.30. The van der Waals surface area contributed by atoms with Crippen LogP contribution in [0.4, 0.5) is 0 Å². The number of nitrogens with zero attached hydrogens (tertiary/aromatic N) is 3. The molecule has 4 rings (SSSR count). The van der Waals surface area contributed by atoms with Gasteiger partial charge in [0.2, 0.25) is 11.6 Å². The largest absolute Gasteiger partial charge is 0.454 e. The summed E-state index contributed by atoms with van der Waals surface area (Å²) < 4.78 is 15.2. The number of hydrogen-bond donors (Lipinski definition) is 0. The lowest BCUT2D eigenvalue weighted by atomic mass is 10.1. The molecule has 24 heavy (non-hydrogen) atoms. The van der Waals surface area contributed by atoms with Crippen molar-refractivity contribution in [3.8, 4) is 11.5 Å². The minimum Gasteiger partial charge on any atom is -0.454 e. The zero-order valence-corrected chi connectivity index (χ0v) is 14.6. The highest BCUT2D eigenvalue weighted by molar-refractivity contribution is 7.71. The number of imidazole rings is 1. The molecule has 2 heterocycles. The van der Waals surface area contributed by atoms with E-state index in [1.807, 2.05) is 29.8 Å². The molecule has 0 amide bonds. The molecule has 0 aliphatic carbocycles. The van der Waals surface area contributed by atoms with Gasteiger partial charge in [0.15, 0.2) is 11.5 Å². The maximum atomic E-state index is 5.54. The van der Waals surface area contributed by atoms with Gasteiger partial charge in [0.25, 0.3) is 0 Å². The van der Waals surface area contributed by atoms with Crippen molar-refractivity contribution >= 4 is 29.5 Å².